The smallest absolute Gasteiger partial charge is 0.326 e. The Balaban J connectivity index is 1.09. The zero-order valence-electron chi connectivity index (χ0n) is 32.4. The first-order valence-corrected chi connectivity index (χ1v) is 19.9. The first-order chi connectivity index (χ1) is 27.9. The van der Waals surface area contributed by atoms with Crippen molar-refractivity contribution in [2.45, 2.75) is 32.6 Å². The third-order valence-electron chi connectivity index (χ3n) is 11.1. The molecule has 2 unspecified atom stereocenters. The fraction of sp³-hybridized carbons (Fsp3) is 0.326. The number of nitrogens with zero attached hydrogens (tertiary/aromatic N) is 5. The van der Waals surface area contributed by atoms with E-state index < -0.39 is 36.2 Å². The van der Waals surface area contributed by atoms with E-state index in [0.717, 1.165) is 53.5 Å². The van der Waals surface area contributed by atoms with Gasteiger partial charge in [0.25, 0.3) is 0 Å². The first kappa shape index (κ1) is 38.2. The molecular weight excluding hydrogens is 719 g/mol. The van der Waals surface area contributed by atoms with Crippen LogP contribution in [0.15, 0.2) is 132 Å². The topological polar surface area (TPSA) is 97.5 Å². The lowest BCUT2D eigenvalue weighted by atomic mass is 9.75. The molecule has 0 aromatic carbocycles. The lowest BCUT2D eigenvalue weighted by Gasteiger charge is -2.27. The molecule has 2 atom stereocenters. The van der Waals surface area contributed by atoms with Crippen molar-refractivity contribution in [2.75, 3.05) is 52.7 Å². The predicted molar refractivity (Wildman–Crippen MR) is 214 cm³/mol. The van der Waals surface area contributed by atoms with Gasteiger partial charge in [0.05, 0.1) is 44.0 Å². The van der Waals surface area contributed by atoms with E-state index in [9.17, 15) is 14.4 Å². The molecule has 57 heavy (non-hydrogen) atoms. The van der Waals surface area contributed by atoms with Crippen LogP contribution in [0.2, 0.25) is 0 Å². The normalized spacial score (nSPS) is 27.0. The quantitative estimate of drug-likeness (QED) is 0.161. The zero-order valence-corrected chi connectivity index (χ0v) is 32.4. The molecule has 1 aromatic heterocycles. The van der Waals surface area contributed by atoms with Crippen LogP contribution in [0, 0.1) is 30.4 Å². The molecule has 22 aliphatic rings. The van der Waals surface area contributed by atoms with E-state index in [1.165, 1.54) is 22.3 Å². The largest absolute Gasteiger partial charge is 0.462 e. The molecule has 2 amide bonds. The Hall–Kier alpha value is -5.65. The number of imide groups is 1. The van der Waals surface area contributed by atoms with Crippen LogP contribution < -0.4 is 9.46 Å². The van der Waals surface area contributed by atoms with Gasteiger partial charge in [0.1, 0.15) is 13.2 Å². The Labute approximate surface area is 333 Å². The molecule has 21 heterocycles. The van der Waals surface area contributed by atoms with Crippen LogP contribution >= 0.6 is 0 Å². The minimum absolute atomic E-state index is 0.0163. The minimum atomic E-state index is -0.787. The summed E-state index contributed by atoms with van der Waals surface area (Å²) in [6, 6.07) is 4.16. The maximum Gasteiger partial charge on any atom is 0.326 e. The Bertz CT molecular complexity index is 2210. The van der Waals surface area contributed by atoms with Crippen molar-refractivity contribution in [3.63, 3.8) is 0 Å². The molecule has 0 saturated carbocycles. The van der Waals surface area contributed by atoms with Crippen LogP contribution in [0.3, 0.4) is 0 Å². The number of allylic oxidation sites excluding steroid dienone is 10. The van der Waals surface area contributed by atoms with Crippen LogP contribution in [-0.4, -0.2) is 95.9 Å². The molecule has 0 spiro atoms. The summed E-state index contributed by atoms with van der Waals surface area (Å²) in [7, 11) is 0. The number of carbonyl (C=O) groups excluding carboxylic acids is 3. The number of carbonyl (C=O) groups is 3. The minimum Gasteiger partial charge on any atom is -0.462 e. The Morgan fingerprint density at radius 3 is 2.21 bits per heavy atom. The summed E-state index contributed by atoms with van der Waals surface area (Å²) >= 11 is 0. The number of ether oxygens (including phenoxy) is 3. The molecule has 292 valence electrons. The maximum absolute atomic E-state index is 14.1. The van der Waals surface area contributed by atoms with Crippen molar-refractivity contribution in [3.05, 3.63) is 156 Å². The number of aromatic nitrogens is 1. The van der Waals surface area contributed by atoms with Gasteiger partial charge in [0.2, 0.25) is 11.8 Å². The summed E-state index contributed by atoms with van der Waals surface area (Å²) in [5, 5.41) is 1.13. The maximum atomic E-state index is 14.1. The summed E-state index contributed by atoms with van der Waals surface area (Å²) < 4.78 is 20.1. The van der Waals surface area contributed by atoms with Gasteiger partial charge in [0.15, 0.2) is 37.2 Å². The lowest BCUT2D eigenvalue weighted by Crippen LogP contribution is -2.37. The molecule has 11 nitrogen and oxygen atoms in total. The van der Waals surface area contributed by atoms with Gasteiger partial charge in [-0.05, 0) is 77.8 Å². The summed E-state index contributed by atoms with van der Waals surface area (Å²) in [4.78, 5) is 46.6. The van der Waals surface area contributed by atoms with Gasteiger partial charge in [-0.15, -0.1) is 0 Å². The Morgan fingerprint density at radius 1 is 0.772 bits per heavy atom. The monoisotopic (exact) mass is 767 g/mol. The van der Waals surface area contributed by atoms with E-state index in [2.05, 4.69) is 94.3 Å². The summed E-state index contributed by atoms with van der Waals surface area (Å²) in [5.74, 6) is -2.36. The van der Waals surface area contributed by atoms with Gasteiger partial charge in [-0.25, -0.2) is 0 Å². The van der Waals surface area contributed by atoms with E-state index in [0.29, 0.717) is 32.3 Å². The van der Waals surface area contributed by atoms with E-state index in [-0.39, 0.29) is 13.2 Å². The average molecular weight is 768 g/mol. The highest BCUT2D eigenvalue weighted by atomic mass is 16.6. The average Bonchev–Trinajstić information content (AvgIpc) is 3.48. The molecule has 20 aliphatic heterocycles. The number of rotatable bonds is 9. The van der Waals surface area contributed by atoms with E-state index in [4.69, 9.17) is 14.2 Å². The molecule has 0 N–H and O–H groups in total. The van der Waals surface area contributed by atoms with Gasteiger partial charge < -0.3 is 24.0 Å². The molecular formula is C46H49N5O6+2. The SMILES string of the molecule is CCOCCOCCOC(=O)CN1C(=O)C2[C]3C=C/C(=C\N4C=C/C(=C5\[CH]C=[N+](C=C5)/C=C5C=C/C(=C\N6C=CC(=c7cc[n+](cc7)=C3)CC6)CC\5)CC4)C2C1=O. The molecule has 1 saturated heterocycles. The summed E-state index contributed by atoms with van der Waals surface area (Å²) in [6.07, 6.45) is 41.2. The number of hydrogen-bond donors (Lipinski definition) is 0. The molecule has 1 fully saturated rings. The van der Waals surface area contributed by atoms with Crippen molar-refractivity contribution < 1.29 is 37.4 Å². The van der Waals surface area contributed by atoms with E-state index >= 15 is 0 Å². The Morgan fingerprint density at radius 2 is 1.49 bits per heavy atom. The first-order valence-electron chi connectivity index (χ1n) is 19.9. The third-order valence-corrected chi connectivity index (χ3v) is 11.1. The van der Waals surface area contributed by atoms with Crippen molar-refractivity contribution in [2.24, 2.45) is 11.8 Å². The Kier molecular flexibility index (Phi) is 11.8. The second-order valence-electron chi connectivity index (χ2n) is 14.8. The van der Waals surface area contributed by atoms with Crippen LogP contribution in [0.25, 0.3) is 5.57 Å². The second-order valence-corrected chi connectivity index (χ2v) is 14.8. The van der Waals surface area contributed by atoms with Gasteiger partial charge >= 0.3 is 5.97 Å². The number of likely N-dealkylation sites (tertiary alicyclic amines) is 1. The molecule has 23 rings (SSSR count). The van der Waals surface area contributed by atoms with Crippen LogP contribution in [0.4, 0.5) is 0 Å². The van der Waals surface area contributed by atoms with Crippen LogP contribution in [0.5, 0.6) is 0 Å². The molecule has 2 aliphatic carbocycles. The molecule has 11 heteroatoms. The van der Waals surface area contributed by atoms with Crippen LogP contribution in [-0.2, 0) is 28.6 Å². The number of esters is 1. The highest BCUT2D eigenvalue weighted by Crippen LogP contribution is 2.43. The summed E-state index contributed by atoms with van der Waals surface area (Å²) in [6.45, 7) is 4.70. The van der Waals surface area contributed by atoms with Gasteiger partial charge in [-0.3, -0.25) is 19.3 Å². The molecule has 2 radical (unpaired) electrons. The predicted octanol–water partition coefficient (Wildman–Crippen LogP) is 4.04. The lowest BCUT2D eigenvalue weighted by molar-refractivity contribution is -0.509. The molecule has 12 bridgehead atoms. The fourth-order valence-electron chi connectivity index (χ4n) is 7.97. The van der Waals surface area contributed by atoms with Gasteiger partial charge in [-0.1, -0.05) is 24.3 Å². The van der Waals surface area contributed by atoms with Crippen molar-refractivity contribution >= 4 is 29.6 Å². The van der Waals surface area contributed by atoms with E-state index in [1.54, 1.807) is 0 Å². The van der Waals surface area contributed by atoms with E-state index in [1.807, 2.05) is 54.3 Å². The number of pyridine rings is 1. The standard InChI is InChI=1S/C46H49N5O6/c1-2-55-25-26-56-27-28-57-42(52)33-51-45(53)43-40-7-8-41(44(43)46(51)54)32-50-23-15-39(16-24-50)37-11-19-48(20-12-37)30-35-4-3-34(5-6-35)29-47-17-9-36(10-18-47)38-13-21-49(31-40)22-14-38/h3-4,7-11,13,15-19,21,23-24,29-32,43-44H,2,5-6,12,14,20,22,25-28,33H2,1H3/q+2/b34-29+,35-30+,39-37?,40-31+,50-32?. The third kappa shape index (κ3) is 9.00. The van der Waals surface area contributed by atoms with Crippen molar-refractivity contribution in [3.8, 4) is 0 Å². The van der Waals surface area contributed by atoms with Crippen molar-refractivity contribution in [1.82, 2.24) is 14.7 Å². The van der Waals surface area contributed by atoms with Gasteiger partial charge in [-0.2, -0.15) is 8.82 Å². The second kappa shape index (κ2) is 17.7. The van der Waals surface area contributed by atoms with Gasteiger partial charge in [0, 0.05) is 68.3 Å². The fourth-order valence-corrected chi connectivity index (χ4v) is 7.97. The number of amides is 2. The zero-order chi connectivity index (χ0) is 39.1. The molecule has 1 aromatic rings. The number of hydrogen-bond acceptors (Lipinski definition) is 8. The summed E-state index contributed by atoms with van der Waals surface area (Å²) in [5.41, 5.74) is 6.97. The van der Waals surface area contributed by atoms with Crippen molar-refractivity contribution in [1.29, 1.82) is 0 Å². The highest BCUT2D eigenvalue weighted by Gasteiger charge is 2.54. The van der Waals surface area contributed by atoms with Crippen LogP contribution in [0.1, 0.15) is 32.6 Å². The highest BCUT2D eigenvalue weighted by molar-refractivity contribution is 6.10.